The van der Waals surface area contributed by atoms with Crippen molar-refractivity contribution in [1.82, 2.24) is 9.80 Å². The predicted octanol–water partition coefficient (Wildman–Crippen LogP) is 2.82. The summed E-state index contributed by atoms with van der Waals surface area (Å²) in [5, 5.41) is 2.84. The summed E-state index contributed by atoms with van der Waals surface area (Å²) in [5.74, 6) is 0.960. The molecule has 0 aliphatic carbocycles. The summed E-state index contributed by atoms with van der Waals surface area (Å²) in [4.78, 5) is 16.7. The Hall–Kier alpha value is -1.93. The number of hydrogen-bond acceptors (Lipinski definition) is 4. The lowest BCUT2D eigenvalue weighted by atomic mass is 10.1. The first-order valence-corrected chi connectivity index (χ1v) is 9.39. The number of piperazine rings is 1. The van der Waals surface area contributed by atoms with E-state index in [9.17, 15) is 13.6 Å². The van der Waals surface area contributed by atoms with Gasteiger partial charge in [-0.3, -0.25) is 4.90 Å². The van der Waals surface area contributed by atoms with Crippen LogP contribution in [0.3, 0.4) is 0 Å². The fourth-order valence-electron chi connectivity index (χ4n) is 3.41. The van der Waals surface area contributed by atoms with E-state index in [1.165, 1.54) is 0 Å². The van der Waals surface area contributed by atoms with Gasteiger partial charge in [0.1, 0.15) is 12.4 Å². The molecule has 2 fully saturated rings. The van der Waals surface area contributed by atoms with Gasteiger partial charge in [-0.1, -0.05) is 6.07 Å². The van der Waals surface area contributed by atoms with E-state index in [-0.39, 0.29) is 6.03 Å². The van der Waals surface area contributed by atoms with Gasteiger partial charge in [0, 0.05) is 51.1 Å². The van der Waals surface area contributed by atoms with Crippen LogP contribution in [-0.2, 0) is 4.74 Å². The molecule has 1 N–H and O–H groups in total. The van der Waals surface area contributed by atoms with Crippen molar-refractivity contribution >= 4 is 11.7 Å². The number of alkyl halides is 2. The van der Waals surface area contributed by atoms with E-state index in [1.54, 1.807) is 30.0 Å². The van der Waals surface area contributed by atoms with E-state index < -0.39 is 13.0 Å². The van der Waals surface area contributed by atoms with Crippen LogP contribution in [0.1, 0.15) is 12.0 Å². The Labute approximate surface area is 158 Å². The zero-order chi connectivity index (χ0) is 19.2. The zero-order valence-corrected chi connectivity index (χ0v) is 15.6. The molecule has 2 amide bonds. The van der Waals surface area contributed by atoms with E-state index >= 15 is 0 Å². The lowest BCUT2D eigenvalue weighted by Gasteiger charge is -2.35. The number of nitrogens with one attached hydrogen (secondary N) is 1. The lowest BCUT2D eigenvalue weighted by molar-refractivity contribution is 0.0816. The summed E-state index contributed by atoms with van der Waals surface area (Å²) in [5.41, 5.74) is 1.29. The van der Waals surface area contributed by atoms with Crippen LogP contribution in [0.2, 0.25) is 0 Å². The Morgan fingerprint density at radius 3 is 2.78 bits per heavy atom. The summed E-state index contributed by atoms with van der Waals surface area (Å²) in [6.07, 6.45) is -1.42. The van der Waals surface area contributed by atoms with E-state index in [0.29, 0.717) is 30.4 Å². The number of nitrogens with zero attached hydrogens (tertiary/aromatic N) is 2. The van der Waals surface area contributed by atoms with E-state index in [4.69, 9.17) is 9.47 Å². The largest absolute Gasteiger partial charge is 0.487 e. The maximum atomic E-state index is 12.5. The Morgan fingerprint density at radius 1 is 1.33 bits per heavy atom. The minimum Gasteiger partial charge on any atom is -0.487 e. The van der Waals surface area contributed by atoms with Crippen molar-refractivity contribution in [2.24, 2.45) is 5.92 Å². The first-order valence-electron chi connectivity index (χ1n) is 9.39. The van der Waals surface area contributed by atoms with Gasteiger partial charge in [0.25, 0.3) is 6.43 Å². The molecule has 0 bridgehead atoms. The third-order valence-corrected chi connectivity index (χ3v) is 5.00. The molecule has 1 aromatic rings. The third kappa shape index (κ3) is 5.77. The van der Waals surface area contributed by atoms with Gasteiger partial charge in [0.05, 0.1) is 6.61 Å². The minimum absolute atomic E-state index is 0.178. The summed E-state index contributed by atoms with van der Waals surface area (Å²) in [7, 11) is 0. The standard InChI is InChI=1S/C19H27F2N3O3/c1-14-2-3-16(10-17(14)27-13-18(20)21)22-19(25)24-7-5-23(6-8-24)11-15-4-9-26-12-15/h2-3,10,15,18H,4-9,11-13H2,1H3,(H,22,25). The normalized spacial score (nSPS) is 20.9. The van der Waals surface area contributed by atoms with Crippen LogP contribution in [0.25, 0.3) is 0 Å². The van der Waals surface area contributed by atoms with Crippen molar-refractivity contribution in [1.29, 1.82) is 0 Å². The van der Waals surface area contributed by atoms with Gasteiger partial charge >= 0.3 is 6.03 Å². The van der Waals surface area contributed by atoms with Crippen LogP contribution >= 0.6 is 0 Å². The average molecular weight is 383 g/mol. The fourth-order valence-corrected chi connectivity index (χ4v) is 3.41. The molecule has 1 atom stereocenters. The molecule has 8 heteroatoms. The molecule has 27 heavy (non-hydrogen) atoms. The van der Waals surface area contributed by atoms with Gasteiger partial charge in [-0.25, -0.2) is 13.6 Å². The Bertz CT molecular complexity index is 631. The molecule has 1 unspecified atom stereocenters. The maximum Gasteiger partial charge on any atom is 0.321 e. The van der Waals surface area contributed by atoms with Gasteiger partial charge in [0.2, 0.25) is 0 Å². The average Bonchev–Trinajstić information content (AvgIpc) is 3.15. The highest BCUT2D eigenvalue weighted by atomic mass is 19.3. The van der Waals surface area contributed by atoms with Gasteiger partial charge in [-0.05, 0) is 30.9 Å². The number of anilines is 1. The van der Waals surface area contributed by atoms with Crippen LogP contribution in [0, 0.1) is 12.8 Å². The number of ether oxygens (including phenoxy) is 2. The van der Waals surface area contributed by atoms with Crippen molar-refractivity contribution in [3.8, 4) is 5.75 Å². The van der Waals surface area contributed by atoms with Gasteiger partial charge < -0.3 is 19.7 Å². The van der Waals surface area contributed by atoms with Crippen molar-refractivity contribution < 1.29 is 23.0 Å². The smallest absolute Gasteiger partial charge is 0.321 e. The SMILES string of the molecule is Cc1ccc(NC(=O)N2CCN(CC3CCOC3)CC2)cc1OCC(F)F. The summed E-state index contributed by atoms with van der Waals surface area (Å²) in [6.45, 7) is 6.86. The van der Waals surface area contributed by atoms with Gasteiger partial charge in [-0.2, -0.15) is 0 Å². The molecule has 0 saturated carbocycles. The molecule has 2 heterocycles. The number of urea groups is 1. The van der Waals surface area contributed by atoms with Crippen LogP contribution in [0.15, 0.2) is 18.2 Å². The lowest BCUT2D eigenvalue weighted by Crippen LogP contribution is -2.51. The molecular weight excluding hydrogens is 356 g/mol. The minimum atomic E-state index is -2.53. The molecular formula is C19H27F2N3O3. The molecule has 1 aromatic carbocycles. The molecule has 2 aliphatic rings. The highest BCUT2D eigenvalue weighted by molar-refractivity contribution is 5.89. The number of halogens is 2. The number of carbonyl (C=O) groups excluding carboxylic acids is 1. The van der Waals surface area contributed by atoms with Crippen molar-refractivity contribution in [3.63, 3.8) is 0 Å². The van der Waals surface area contributed by atoms with E-state index in [0.717, 1.165) is 44.8 Å². The number of carbonyl (C=O) groups is 1. The van der Waals surface area contributed by atoms with Crippen LogP contribution in [-0.4, -0.2) is 74.8 Å². The molecule has 2 aliphatic heterocycles. The Kier molecular flexibility index (Phi) is 6.84. The first kappa shape index (κ1) is 19.8. The molecule has 6 nitrogen and oxygen atoms in total. The van der Waals surface area contributed by atoms with Crippen molar-refractivity contribution in [2.45, 2.75) is 19.8 Å². The third-order valence-electron chi connectivity index (χ3n) is 5.00. The molecule has 0 spiro atoms. The molecule has 2 saturated heterocycles. The number of aryl methyl sites for hydroxylation is 1. The predicted molar refractivity (Wildman–Crippen MR) is 98.6 cm³/mol. The second kappa shape index (κ2) is 9.32. The Balaban J connectivity index is 1.48. The topological polar surface area (TPSA) is 54.0 Å². The van der Waals surface area contributed by atoms with Crippen molar-refractivity contribution in [3.05, 3.63) is 23.8 Å². The summed E-state index contributed by atoms with van der Waals surface area (Å²) in [6, 6.07) is 4.91. The summed E-state index contributed by atoms with van der Waals surface area (Å²) < 4.78 is 35.2. The fraction of sp³-hybridized carbons (Fsp3) is 0.632. The number of benzene rings is 1. The highest BCUT2D eigenvalue weighted by Crippen LogP contribution is 2.23. The Morgan fingerprint density at radius 2 is 2.11 bits per heavy atom. The van der Waals surface area contributed by atoms with Gasteiger partial charge in [0.15, 0.2) is 0 Å². The number of hydrogen-bond donors (Lipinski definition) is 1. The second-order valence-corrected chi connectivity index (χ2v) is 7.13. The molecule has 150 valence electrons. The molecule has 3 rings (SSSR count). The van der Waals surface area contributed by atoms with Crippen molar-refractivity contribution in [2.75, 3.05) is 57.9 Å². The maximum absolute atomic E-state index is 12.5. The molecule has 0 aromatic heterocycles. The molecule has 0 radical (unpaired) electrons. The first-order chi connectivity index (χ1) is 13.0. The van der Waals surface area contributed by atoms with Crippen LogP contribution in [0.4, 0.5) is 19.3 Å². The van der Waals surface area contributed by atoms with Crippen LogP contribution in [0.5, 0.6) is 5.75 Å². The zero-order valence-electron chi connectivity index (χ0n) is 15.6. The number of rotatable bonds is 6. The van der Waals surface area contributed by atoms with Crippen LogP contribution < -0.4 is 10.1 Å². The monoisotopic (exact) mass is 383 g/mol. The van der Waals surface area contributed by atoms with E-state index in [2.05, 4.69) is 10.2 Å². The second-order valence-electron chi connectivity index (χ2n) is 7.13. The summed E-state index contributed by atoms with van der Waals surface area (Å²) >= 11 is 0. The quantitative estimate of drug-likeness (QED) is 0.821. The highest BCUT2D eigenvalue weighted by Gasteiger charge is 2.25. The van der Waals surface area contributed by atoms with Gasteiger partial charge in [-0.15, -0.1) is 0 Å². The number of amides is 2. The van der Waals surface area contributed by atoms with E-state index in [1.807, 2.05) is 0 Å².